The van der Waals surface area contributed by atoms with Gasteiger partial charge in [-0.15, -0.1) is 0 Å². The summed E-state index contributed by atoms with van der Waals surface area (Å²) < 4.78 is 5.21. The summed E-state index contributed by atoms with van der Waals surface area (Å²) in [7, 11) is 1.64. The monoisotopic (exact) mass is 280 g/mol. The molecule has 2 rings (SSSR count). The molecule has 1 saturated heterocycles. The molecule has 0 aliphatic carbocycles. The molecule has 0 bridgehead atoms. The van der Waals surface area contributed by atoms with Gasteiger partial charge in [0.2, 0.25) is 11.7 Å². The summed E-state index contributed by atoms with van der Waals surface area (Å²) in [6, 6.07) is 1.41. The number of aromatic carboxylic acids is 1. The molecule has 0 saturated carbocycles. The molecule has 1 aliphatic heterocycles. The molecule has 2 N–H and O–H groups in total. The fraction of sp³-hybridized carbons (Fsp3) is 0.571. The molecular weight excluding hydrogens is 260 g/mol. The number of nitrogens with zero attached hydrogens (tertiary/aromatic N) is 1. The first-order chi connectivity index (χ1) is 9.52. The van der Waals surface area contributed by atoms with Gasteiger partial charge in [0, 0.05) is 19.2 Å². The Balaban J connectivity index is 2.14. The smallest absolute Gasteiger partial charge is 0.371 e. The molecule has 1 fully saturated rings. The van der Waals surface area contributed by atoms with E-state index in [2.05, 4.69) is 10.2 Å². The van der Waals surface area contributed by atoms with Crippen LogP contribution >= 0.6 is 0 Å². The summed E-state index contributed by atoms with van der Waals surface area (Å²) in [5.74, 6) is -0.500. The van der Waals surface area contributed by atoms with Crippen LogP contribution in [0.4, 0.5) is 0 Å². The Morgan fingerprint density at radius 1 is 1.50 bits per heavy atom. The van der Waals surface area contributed by atoms with Crippen molar-refractivity contribution in [2.24, 2.45) is 0 Å². The first kappa shape index (κ1) is 14.6. The Labute approximate surface area is 117 Å². The van der Waals surface area contributed by atoms with Gasteiger partial charge in [-0.05, 0) is 32.4 Å². The standard InChI is InChI=1S/C14H20N2O4/c1-9-10(7-12(20-9)14(18)19)8-16-6-4-3-5-11(16)13(17)15-2/h7,11H,3-6,8H2,1-2H3,(H,15,17)(H,18,19). The minimum atomic E-state index is -1.07. The molecule has 1 atom stereocenters. The fourth-order valence-corrected chi connectivity index (χ4v) is 2.64. The zero-order valence-electron chi connectivity index (χ0n) is 11.8. The minimum Gasteiger partial charge on any atom is -0.475 e. The molecule has 0 spiro atoms. The molecule has 110 valence electrons. The van der Waals surface area contributed by atoms with Crippen LogP contribution in [-0.2, 0) is 11.3 Å². The number of aryl methyl sites for hydroxylation is 1. The number of nitrogens with one attached hydrogen (secondary N) is 1. The number of likely N-dealkylation sites (N-methyl/N-ethyl adjacent to an activating group) is 1. The van der Waals surface area contributed by atoms with Crippen LogP contribution in [0.3, 0.4) is 0 Å². The second kappa shape index (κ2) is 6.09. The van der Waals surface area contributed by atoms with E-state index in [9.17, 15) is 9.59 Å². The molecule has 1 aromatic heterocycles. The molecule has 1 unspecified atom stereocenters. The molecule has 1 aromatic rings. The summed E-state index contributed by atoms with van der Waals surface area (Å²) in [5.41, 5.74) is 0.832. The maximum Gasteiger partial charge on any atom is 0.371 e. The number of furan rings is 1. The van der Waals surface area contributed by atoms with E-state index < -0.39 is 5.97 Å². The fourth-order valence-electron chi connectivity index (χ4n) is 2.64. The number of amides is 1. The maximum atomic E-state index is 11.9. The van der Waals surface area contributed by atoms with Gasteiger partial charge in [-0.1, -0.05) is 6.42 Å². The van der Waals surface area contributed by atoms with Gasteiger partial charge in [0.25, 0.3) is 0 Å². The normalized spacial score (nSPS) is 19.8. The van der Waals surface area contributed by atoms with Crippen LogP contribution in [0.15, 0.2) is 10.5 Å². The van der Waals surface area contributed by atoms with Crippen LogP contribution in [0.5, 0.6) is 0 Å². The van der Waals surface area contributed by atoms with Gasteiger partial charge in [-0.3, -0.25) is 9.69 Å². The van der Waals surface area contributed by atoms with E-state index >= 15 is 0 Å². The van der Waals surface area contributed by atoms with Crippen LogP contribution in [0, 0.1) is 6.92 Å². The van der Waals surface area contributed by atoms with Crippen LogP contribution in [-0.4, -0.2) is 41.5 Å². The second-order valence-electron chi connectivity index (χ2n) is 5.09. The lowest BCUT2D eigenvalue weighted by Gasteiger charge is -2.34. The lowest BCUT2D eigenvalue weighted by atomic mass is 10.0. The average molecular weight is 280 g/mol. The molecule has 20 heavy (non-hydrogen) atoms. The van der Waals surface area contributed by atoms with Crippen LogP contribution < -0.4 is 5.32 Å². The summed E-state index contributed by atoms with van der Waals surface area (Å²) in [5, 5.41) is 11.6. The lowest BCUT2D eigenvalue weighted by Crippen LogP contribution is -2.48. The minimum absolute atomic E-state index is 0.0179. The Hall–Kier alpha value is -1.82. The zero-order valence-corrected chi connectivity index (χ0v) is 11.8. The Bertz CT molecular complexity index is 509. The predicted octanol–water partition coefficient (Wildman–Crippen LogP) is 1.39. The largest absolute Gasteiger partial charge is 0.475 e. The highest BCUT2D eigenvalue weighted by Crippen LogP contribution is 2.23. The molecule has 2 heterocycles. The molecule has 1 aliphatic rings. The number of carboxylic acids is 1. The highest BCUT2D eigenvalue weighted by Gasteiger charge is 2.29. The number of carbonyl (C=O) groups is 2. The first-order valence-corrected chi connectivity index (χ1v) is 6.81. The third-order valence-corrected chi connectivity index (χ3v) is 3.77. The van der Waals surface area contributed by atoms with E-state index in [-0.39, 0.29) is 17.7 Å². The Kier molecular flexibility index (Phi) is 4.44. The van der Waals surface area contributed by atoms with E-state index in [1.165, 1.54) is 0 Å². The topological polar surface area (TPSA) is 82.8 Å². The van der Waals surface area contributed by atoms with Crippen molar-refractivity contribution in [1.29, 1.82) is 0 Å². The molecule has 1 amide bonds. The van der Waals surface area contributed by atoms with Gasteiger partial charge >= 0.3 is 5.97 Å². The zero-order chi connectivity index (χ0) is 14.7. The summed E-state index contributed by atoms with van der Waals surface area (Å²) in [6.07, 6.45) is 2.93. The summed E-state index contributed by atoms with van der Waals surface area (Å²) in [6.45, 7) is 3.13. The number of carbonyl (C=O) groups excluding carboxylic acids is 1. The van der Waals surface area contributed by atoms with E-state index in [1.54, 1.807) is 20.0 Å². The van der Waals surface area contributed by atoms with Crippen LogP contribution in [0.2, 0.25) is 0 Å². The number of hydrogen-bond acceptors (Lipinski definition) is 4. The second-order valence-corrected chi connectivity index (χ2v) is 5.09. The summed E-state index contributed by atoms with van der Waals surface area (Å²) in [4.78, 5) is 24.9. The number of rotatable bonds is 4. The van der Waals surface area contributed by atoms with Crippen LogP contribution in [0.1, 0.15) is 41.1 Å². The molecular formula is C14H20N2O4. The average Bonchev–Trinajstić information content (AvgIpc) is 2.80. The predicted molar refractivity (Wildman–Crippen MR) is 72.5 cm³/mol. The van der Waals surface area contributed by atoms with E-state index in [0.29, 0.717) is 12.3 Å². The summed E-state index contributed by atoms with van der Waals surface area (Å²) >= 11 is 0. The van der Waals surface area contributed by atoms with E-state index in [4.69, 9.17) is 9.52 Å². The highest BCUT2D eigenvalue weighted by molar-refractivity contribution is 5.84. The van der Waals surface area contributed by atoms with Gasteiger partial charge in [0.15, 0.2) is 0 Å². The van der Waals surface area contributed by atoms with Crippen molar-refractivity contribution in [3.05, 3.63) is 23.2 Å². The van der Waals surface area contributed by atoms with Gasteiger partial charge in [-0.25, -0.2) is 4.79 Å². The first-order valence-electron chi connectivity index (χ1n) is 6.81. The number of hydrogen-bond donors (Lipinski definition) is 2. The molecule has 0 aromatic carbocycles. The van der Waals surface area contributed by atoms with Crippen molar-refractivity contribution in [3.63, 3.8) is 0 Å². The number of piperidine rings is 1. The molecule has 6 heteroatoms. The number of carboxylic acid groups (broad SMARTS) is 1. The van der Waals surface area contributed by atoms with Gasteiger partial charge in [0.05, 0.1) is 6.04 Å². The van der Waals surface area contributed by atoms with Gasteiger partial charge in [0.1, 0.15) is 5.76 Å². The van der Waals surface area contributed by atoms with E-state index in [0.717, 1.165) is 31.4 Å². The third-order valence-electron chi connectivity index (χ3n) is 3.77. The van der Waals surface area contributed by atoms with Crippen molar-refractivity contribution in [1.82, 2.24) is 10.2 Å². The van der Waals surface area contributed by atoms with Crippen LogP contribution in [0.25, 0.3) is 0 Å². The highest BCUT2D eigenvalue weighted by atomic mass is 16.4. The van der Waals surface area contributed by atoms with Gasteiger partial charge in [-0.2, -0.15) is 0 Å². The SMILES string of the molecule is CNC(=O)C1CCCCN1Cc1cc(C(=O)O)oc1C. The van der Waals surface area contributed by atoms with E-state index in [1.807, 2.05) is 0 Å². The maximum absolute atomic E-state index is 11.9. The number of likely N-dealkylation sites (tertiary alicyclic amines) is 1. The third kappa shape index (κ3) is 3.01. The Morgan fingerprint density at radius 3 is 2.85 bits per heavy atom. The quantitative estimate of drug-likeness (QED) is 0.870. The van der Waals surface area contributed by atoms with Crippen molar-refractivity contribution >= 4 is 11.9 Å². The Morgan fingerprint density at radius 2 is 2.25 bits per heavy atom. The lowest BCUT2D eigenvalue weighted by molar-refractivity contribution is -0.127. The van der Waals surface area contributed by atoms with Gasteiger partial charge < -0.3 is 14.8 Å². The van der Waals surface area contributed by atoms with Crippen molar-refractivity contribution in [2.75, 3.05) is 13.6 Å². The van der Waals surface area contributed by atoms with Crippen molar-refractivity contribution in [3.8, 4) is 0 Å². The van der Waals surface area contributed by atoms with Crippen molar-refractivity contribution in [2.45, 2.75) is 38.8 Å². The molecule has 6 nitrogen and oxygen atoms in total. The van der Waals surface area contributed by atoms with Crippen molar-refractivity contribution < 1.29 is 19.1 Å². The molecule has 0 radical (unpaired) electrons.